The maximum absolute atomic E-state index is 13.1. The molecule has 0 saturated carbocycles. The minimum atomic E-state index is 0.0873. The number of hydrogen-bond acceptors (Lipinski definition) is 5. The molecule has 1 amide bonds. The molecule has 3 heterocycles. The summed E-state index contributed by atoms with van der Waals surface area (Å²) in [5.74, 6) is 1.30. The van der Waals surface area contributed by atoms with Crippen LogP contribution in [0.3, 0.4) is 0 Å². The highest BCUT2D eigenvalue weighted by Gasteiger charge is 2.24. The summed E-state index contributed by atoms with van der Waals surface area (Å²) in [7, 11) is 0. The highest BCUT2D eigenvalue weighted by Crippen LogP contribution is 2.23. The van der Waals surface area contributed by atoms with Gasteiger partial charge in [-0.15, -0.1) is 0 Å². The smallest absolute Gasteiger partial charge is 0.253 e. The Morgan fingerprint density at radius 2 is 1.78 bits per heavy atom. The molecular formula is C25H27N5O2. The molecule has 4 aromatic rings. The predicted molar refractivity (Wildman–Crippen MR) is 123 cm³/mol. The molecule has 0 spiro atoms. The fourth-order valence-corrected chi connectivity index (χ4v) is 4.22. The van der Waals surface area contributed by atoms with E-state index in [1.165, 1.54) is 11.1 Å². The molecule has 1 fully saturated rings. The number of aromatic amines is 1. The van der Waals surface area contributed by atoms with E-state index in [1.54, 1.807) is 0 Å². The van der Waals surface area contributed by atoms with Gasteiger partial charge < -0.3 is 14.4 Å². The van der Waals surface area contributed by atoms with Crippen molar-refractivity contribution in [3.8, 4) is 11.4 Å². The SMILES string of the molecule is Cc1ccc(-c2noc(CN3CCN(C(=O)c4ccc5[nH]c(C)c(C)c5c4)CC3)n2)cc1. The summed E-state index contributed by atoms with van der Waals surface area (Å²) in [5, 5.41) is 5.24. The molecule has 1 aliphatic heterocycles. The summed E-state index contributed by atoms with van der Waals surface area (Å²) in [4.78, 5) is 25.2. The van der Waals surface area contributed by atoms with Gasteiger partial charge >= 0.3 is 0 Å². The van der Waals surface area contributed by atoms with E-state index in [9.17, 15) is 4.79 Å². The van der Waals surface area contributed by atoms with Crippen molar-refractivity contribution in [2.75, 3.05) is 26.2 Å². The van der Waals surface area contributed by atoms with E-state index in [-0.39, 0.29) is 5.91 Å². The Morgan fingerprint density at radius 1 is 1.03 bits per heavy atom. The topological polar surface area (TPSA) is 78.3 Å². The number of amides is 1. The van der Waals surface area contributed by atoms with Gasteiger partial charge in [0.15, 0.2) is 0 Å². The molecule has 164 valence electrons. The molecule has 0 bridgehead atoms. The number of fused-ring (bicyclic) bond motifs is 1. The number of hydrogen-bond donors (Lipinski definition) is 1. The number of aryl methyl sites for hydroxylation is 3. The summed E-state index contributed by atoms with van der Waals surface area (Å²) in [6.07, 6.45) is 0. The van der Waals surface area contributed by atoms with Gasteiger partial charge in [-0.3, -0.25) is 9.69 Å². The molecule has 2 aromatic heterocycles. The van der Waals surface area contributed by atoms with E-state index in [1.807, 2.05) is 47.4 Å². The number of nitrogens with one attached hydrogen (secondary N) is 1. The van der Waals surface area contributed by atoms with Crippen molar-refractivity contribution in [1.82, 2.24) is 24.9 Å². The molecule has 7 nitrogen and oxygen atoms in total. The van der Waals surface area contributed by atoms with E-state index in [2.05, 4.69) is 40.8 Å². The molecule has 2 aromatic carbocycles. The molecular weight excluding hydrogens is 402 g/mol. The molecule has 0 aliphatic carbocycles. The van der Waals surface area contributed by atoms with Gasteiger partial charge in [-0.1, -0.05) is 35.0 Å². The average Bonchev–Trinajstić information content (AvgIpc) is 3.38. The molecule has 0 unspecified atom stereocenters. The third-order valence-electron chi connectivity index (χ3n) is 6.35. The minimum absolute atomic E-state index is 0.0873. The monoisotopic (exact) mass is 429 g/mol. The van der Waals surface area contributed by atoms with Crippen LogP contribution in [0.2, 0.25) is 0 Å². The molecule has 32 heavy (non-hydrogen) atoms. The number of carbonyl (C=O) groups is 1. The molecule has 1 saturated heterocycles. The van der Waals surface area contributed by atoms with Crippen LogP contribution in [-0.4, -0.2) is 57.0 Å². The van der Waals surface area contributed by atoms with Gasteiger partial charge in [-0.05, 0) is 44.5 Å². The first kappa shape index (κ1) is 20.5. The van der Waals surface area contributed by atoms with Gasteiger partial charge in [0.2, 0.25) is 11.7 Å². The quantitative estimate of drug-likeness (QED) is 0.528. The van der Waals surface area contributed by atoms with Crippen LogP contribution in [-0.2, 0) is 6.54 Å². The molecule has 1 N–H and O–H groups in total. The molecule has 7 heteroatoms. The standard InChI is InChI=1S/C25H27N5O2/c1-16-4-6-19(7-5-16)24-27-23(32-28-24)15-29-10-12-30(13-11-29)25(31)20-8-9-22-21(14-20)17(2)18(3)26-22/h4-9,14,26H,10-13,15H2,1-3H3. The van der Waals surface area contributed by atoms with Crippen LogP contribution in [0.5, 0.6) is 0 Å². The Bertz CT molecular complexity index is 1260. The van der Waals surface area contributed by atoms with Gasteiger partial charge in [0, 0.05) is 53.9 Å². The first-order valence-electron chi connectivity index (χ1n) is 11.0. The predicted octanol–water partition coefficient (Wildman–Crippen LogP) is 4.10. The number of piperazine rings is 1. The van der Waals surface area contributed by atoms with Gasteiger partial charge in [0.25, 0.3) is 5.91 Å². The lowest BCUT2D eigenvalue weighted by molar-refractivity contribution is 0.0615. The average molecular weight is 430 g/mol. The maximum atomic E-state index is 13.1. The van der Waals surface area contributed by atoms with Gasteiger partial charge in [0.05, 0.1) is 6.54 Å². The van der Waals surface area contributed by atoms with E-state index in [4.69, 9.17) is 4.52 Å². The van der Waals surface area contributed by atoms with Gasteiger partial charge in [0.1, 0.15) is 0 Å². The van der Waals surface area contributed by atoms with Crippen molar-refractivity contribution in [2.45, 2.75) is 27.3 Å². The number of nitrogens with zero attached hydrogens (tertiary/aromatic N) is 4. The first-order chi connectivity index (χ1) is 15.5. The van der Waals surface area contributed by atoms with Crippen molar-refractivity contribution in [2.24, 2.45) is 0 Å². The Balaban J connectivity index is 1.20. The second-order valence-electron chi connectivity index (χ2n) is 8.58. The van der Waals surface area contributed by atoms with Crippen molar-refractivity contribution in [1.29, 1.82) is 0 Å². The lowest BCUT2D eigenvalue weighted by Crippen LogP contribution is -2.48. The highest BCUT2D eigenvalue weighted by atomic mass is 16.5. The van der Waals surface area contributed by atoms with Crippen molar-refractivity contribution < 1.29 is 9.32 Å². The fraction of sp³-hybridized carbons (Fsp3) is 0.320. The van der Waals surface area contributed by atoms with Gasteiger partial charge in [-0.25, -0.2) is 0 Å². The zero-order valence-electron chi connectivity index (χ0n) is 18.7. The van der Waals surface area contributed by atoms with Crippen LogP contribution in [0.4, 0.5) is 0 Å². The number of rotatable bonds is 4. The molecule has 0 atom stereocenters. The Hall–Kier alpha value is -3.45. The van der Waals surface area contributed by atoms with E-state index < -0.39 is 0 Å². The third-order valence-corrected chi connectivity index (χ3v) is 6.35. The Kier molecular flexibility index (Phi) is 5.27. The summed E-state index contributed by atoms with van der Waals surface area (Å²) < 4.78 is 5.46. The number of benzene rings is 2. The second-order valence-corrected chi connectivity index (χ2v) is 8.58. The zero-order valence-corrected chi connectivity index (χ0v) is 18.7. The number of H-pyrrole nitrogens is 1. The van der Waals surface area contributed by atoms with Crippen LogP contribution in [0.1, 0.15) is 33.1 Å². The van der Waals surface area contributed by atoms with Crippen LogP contribution in [0.25, 0.3) is 22.3 Å². The second kappa shape index (κ2) is 8.24. The zero-order chi connectivity index (χ0) is 22.2. The van der Waals surface area contributed by atoms with Crippen LogP contribution in [0, 0.1) is 20.8 Å². The van der Waals surface area contributed by atoms with E-state index in [0.717, 1.165) is 40.8 Å². The summed E-state index contributed by atoms with van der Waals surface area (Å²) in [6.45, 7) is 9.70. The highest BCUT2D eigenvalue weighted by molar-refractivity contribution is 5.99. The number of aromatic nitrogens is 3. The maximum Gasteiger partial charge on any atom is 0.253 e. The van der Waals surface area contributed by atoms with Crippen LogP contribution < -0.4 is 0 Å². The van der Waals surface area contributed by atoms with E-state index in [0.29, 0.717) is 31.3 Å². The number of carbonyl (C=O) groups excluding carboxylic acids is 1. The molecule has 1 aliphatic rings. The summed E-state index contributed by atoms with van der Waals surface area (Å²) in [6, 6.07) is 14.0. The van der Waals surface area contributed by atoms with E-state index >= 15 is 0 Å². The van der Waals surface area contributed by atoms with Crippen molar-refractivity contribution in [3.63, 3.8) is 0 Å². The van der Waals surface area contributed by atoms with Crippen molar-refractivity contribution >= 4 is 16.8 Å². The van der Waals surface area contributed by atoms with Gasteiger partial charge in [-0.2, -0.15) is 4.98 Å². The van der Waals surface area contributed by atoms with Crippen molar-refractivity contribution in [3.05, 3.63) is 70.7 Å². The lowest BCUT2D eigenvalue weighted by Gasteiger charge is -2.34. The summed E-state index contributed by atoms with van der Waals surface area (Å²) >= 11 is 0. The lowest BCUT2D eigenvalue weighted by atomic mass is 10.1. The minimum Gasteiger partial charge on any atom is -0.358 e. The summed E-state index contributed by atoms with van der Waals surface area (Å²) in [5.41, 5.74) is 6.31. The molecule has 5 rings (SSSR count). The van der Waals surface area contributed by atoms with Crippen LogP contribution >= 0.6 is 0 Å². The third kappa shape index (κ3) is 3.91. The Morgan fingerprint density at radius 3 is 2.53 bits per heavy atom. The normalized spacial score (nSPS) is 14.9. The Labute approximate surface area is 187 Å². The fourth-order valence-electron chi connectivity index (χ4n) is 4.22. The largest absolute Gasteiger partial charge is 0.358 e. The first-order valence-corrected chi connectivity index (χ1v) is 11.0. The molecule has 0 radical (unpaired) electrons. The van der Waals surface area contributed by atoms with Crippen LogP contribution in [0.15, 0.2) is 47.0 Å².